The molecule has 1 fully saturated rings. The molecule has 0 saturated heterocycles. The molecule has 1 atom stereocenters. The van der Waals surface area contributed by atoms with Crippen LogP contribution < -0.4 is 5.32 Å². The smallest absolute Gasteiger partial charge is 0.230 e. The van der Waals surface area contributed by atoms with Crippen LogP contribution in [-0.4, -0.2) is 17.6 Å². The van der Waals surface area contributed by atoms with Gasteiger partial charge in [0, 0.05) is 18.2 Å². The number of benzene rings is 1. The number of nitrogens with one attached hydrogen (secondary N) is 1. The SMILES string of the molecule is O=C(NCC(O)c1ccsc1)C1(c2ccc(F)cc2F)CCC1. The molecule has 0 bridgehead atoms. The first-order valence-corrected chi connectivity index (χ1v) is 8.41. The highest BCUT2D eigenvalue weighted by Gasteiger charge is 2.47. The van der Waals surface area contributed by atoms with E-state index in [1.165, 1.54) is 23.5 Å². The molecular formula is C17H17F2NO2S. The van der Waals surface area contributed by atoms with Gasteiger partial charge in [0.15, 0.2) is 0 Å². The molecule has 1 aliphatic carbocycles. The maximum Gasteiger partial charge on any atom is 0.230 e. The van der Waals surface area contributed by atoms with E-state index in [-0.39, 0.29) is 18.0 Å². The molecular weight excluding hydrogens is 320 g/mol. The van der Waals surface area contributed by atoms with Crippen LogP contribution in [0.4, 0.5) is 8.78 Å². The molecule has 6 heteroatoms. The minimum Gasteiger partial charge on any atom is -0.387 e. The molecule has 122 valence electrons. The quantitative estimate of drug-likeness (QED) is 0.879. The molecule has 1 aliphatic rings. The van der Waals surface area contributed by atoms with Crippen molar-refractivity contribution in [1.29, 1.82) is 0 Å². The molecule has 23 heavy (non-hydrogen) atoms. The zero-order valence-corrected chi connectivity index (χ0v) is 13.2. The van der Waals surface area contributed by atoms with Crippen LogP contribution in [-0.2, 0) is 10.2 Å². The Hall–Kier alpha value is -1.79. The van der Waals surface area contributed by atoms with Crippen LogP contribution in [0.2, 0.25) is 0 Å². The second-order valence-corrected chi connectivity index (χ2v) is 6.62. The van der Waals surface area contributed by atoms with E-state index < -0.39 is 23.2 Å². The van der Waals surface area contributed by atoms with Gasteiger partial charge < -0.3 is 10.4 Å². The first-order valence-electron chi connectivity index (χ1n) is 7.47. The van der Waals surface area contributed by atoms with Gasteiger partial charge in [-0.25, -0.2) is 8.78 Å². The van der Waals surface area contributed by atoms with Crippen LogP contribution in [0.5, 0.6) is 0 Å². The van der Waals surface area contributed by atoms with Crippen LogP contribution in [0.15, 0.2) is 35.0 Å². The van der Waals surface area contributed by atoms with Crippen molar-refractivity contribution in [3.63, 3.8) is 0 Å². The maximum atomic E-state index is 14.1. The highest BCUT2D eigenvalue weighted by atomic mass is 32.1. The molecule has 0 aliphatic heterocycles. The Bertz CT molecular complexity index is 699. The Morgan fingerprint density at radius 3 is 2.70 bits per heavy atom. The Labute approximate surface area is 137 Å². The van der Waals surface area contributed by atoms with Gasteiger partial charge in [0.25, 0.3) is 0 Å². The summed E-state index contributed by atoms with van der Waals surface area (Å²) in [6.45, 7) is 0.0696. The van der Waals surface area contributed by atoms with Crippen molar-refractivity contribution in [3.8, 4) is 0 Å². The van der Waals surface area contributed by atoms with E-state index in [4.69, 9.17) is 0 Å². The van der Waals surface area contributed by atoms with E-state index in [0.717, 1.165) is 18.1 Å². The number of hydrogen-bond donors (Lipinski definition) is 2. The molecule has 1 heterocycles. The Morgan fingerprint density at radius 2 is 2.13 bits per heavy atom. The van der Waals surface area contributed by atoms with Crippen LogP contribution in [0.25, 0.3) is 0 Å². The number of aliphatic hydroxyl groups is 1. The minimum atomic E-state index is -0.952. The predicted molar refractivity (Wildman–Crippen MR) is 84.2 cm³/mol. The van der Waals surface area contributed by atoms with Crippen molar-refractivity contribution in [3.05, 3.63) is 57.8 Å². The Morgan fingerprint density at radius 1 is 1.35 bits per heavy atom. The summed E-state index contributed by atoms with van der Waals surface area (Å²) in [4.78, 5) is 12.6. The fourth-order valence-corrected chi connectivity index (χ4v) is 3.67. The summed E-state index contributed by atoms with van der Waals surface area (Å²) in [6, 6.07) is 5.12. The molecule has 0 radical (unpaired) electrons. The number of hydrogen-bond acceptors (Lipinski definition) is 3. The normalized spacial score (nSPS) is 17.3. The average Bonchev–Trinajstić information content (AvgIpc) is 3.00. The first kappa shape index (κ1) is 16.1. The van der Waals surface area contributed by atoms with Gasteiger partial charge in [-0.3, -0.25) is 4.79 Å². The summed E-state index contributed by atoms with van der Waals surface area (Å²) in [5, 5.41) is 16.4. The molecule has 0 spiro atoms. The van der Waals surface area contributed by atoms with Crippen molar-refractivity contribution in [1.82, 2.24) is 5.32 Å². The monoisotopic (exact) mass is 337 g/mol. The lowest BCUT2D eigenvalue weighted by Crippen LogP contribution is -2.50. The summed E-state index contributed by atoms with van der Waals surface area (Å²) in [5.74, 6) is -1.67. The largest absolute Gasteiger partial charge is 0.387 e. The van der Waals surface area contributed by atoms with Crippen LogP contribution in [0.1, 0.15) is 36.5 Å². The molecule has 1 unspecified atom stereocenters. The van der Waals surface area contributed by atoms with Gasteiger partial charge in [0.2, 0.25) is 5.91 Å². The van der Waals surface area contributed by atoms with E-state index in [1.807, 2.05) is 10.8 Å². The number of amides is 1. The lowest BCUT2D eigenvalue weighted by Gasteiger charge is -2.41. The summed E-state index contributed by atoms with van der Waals surface area (Å²) in [6.07, 6.45) is 1.07. The second kappa shape index (κ2) is 6.37. The van der Waals surface area contributed by atoms with Gasteiger partial charge in [-0.2, -0.15) is 11.3 Å². The Balaban J connectivity index is 1.73. The second-order valence-electron chi connectivity index (χ2n) is 5.84. The van der Waals surface area contributed by atoms with E-state index >= 15 is 0 Å². The van der Waals surface area contributed by atoms with Gasteiger partial charge in [-0.15, -0.1) is 0 Å². The third-order valence-corrected chi connectivity index (χ3v) is 5.17. The molecule has 1 aromatic carbocycles. The van der Waals surface area contributed by atoms with Crippen LogP contribution in [0.3, 0.4) is 0 Å². The summed E-state index contributed by atoms with van der Waals surface area (Å²) in [5.41, 5.74) is 0.0187. The highest BCUT2D eigenvalue weighted by molar-refractivity contribution is 7.07. The molecule has 1 aromatic heterocycles. The molecule has 1 saturated carbocycles. The number of thiophene rings is 1. The number of carbonyl (C=O) groups excluding carboxylic acids is 1. The van der Waals surface area contributed by atoms with E-state index in [0.29, 0.717) is 12.8 Å². The van der Waals surface area contributed by atoms with E-state index in [9.17, 15) is 18.7 Å². The molecule has 1 amide bonds. The summed E-state index contributed by atoms with van der Waals surface area (Å²) >= 11 is 1.47. The van der Waals surface area contributed by atoms with Crippen LogP contribution in [0, 0.1) is 11.6 Å². The highest BCUT2D eigenvalue weighted by Crippen LogP contribution is 2.45. The topological polar surface area (TPSA) is 49.3 Å². The first-order chi connectivity index (χ1) is 11.0. The standard InChI is InChI=1S/C17H17F2NO2S/c18-12-2-3-13(14(19)8-12)17(5-1-6-17)16(22)20-9-15(21)11-4-7-23-10-11/h2-4,7-8,10,15,21H,1,5-6,9H2,(H,20,22). The fraction of sp³-hybridized carbons (Fsp3) is 0.353. The molecule has 3 nitrogen and oxygen atoms in total. The van der Waals surface area contributed by atoms with Crippen LogP contribution >= 0.6 is 11.3 Å². The van der Waals surface area contributed by atoms with E-state index in [1.54, 1.807) is 6.07 Å². The molecule has 2 aromatic rings. The third-order valence-electron chi connectivity index (χ3n) is 4.47. The lowest BCUT2D eigenvalue weighted by molar-refractivity contribution is -0.130. The number of rotatable bonds is 5. The third kappa shape index (κ3) is 3.01. The van der Waals surface area contributed by atoms with Gasteiger partial charge in [0.05, 0.1) is 11.5 Å². The van der Waals surface area contributed by atoms with Crippen molar-refractivity contribution >= 4 is 17.2 Å². The number of carbonyl (C=O) groups is 1. The van der Waals surface area contributed by atoms with Gasteiger partial charge >= 0.3 is 0 Å². The minimum absolute atomic E-state index is 0.0696. The number of halogens is 2. The summed E-state index contributed by atoms with van der Waals surface area (Å²) in [7, 11) is 0. The van der Waals surface area contributed by atoms with Crippen molar-refractivity contribution in [2.75, 3.05) is 6.54 Å². The van der Waals surface area contributed by atoms with E-state index in [2.05, 4.69) is 5.32 Å². The fourth-order valence-electron chi connectivity index (χ4n) is 2.97. The maximum absolute atomic E-state index is 14.1. The zero-order chi connectivity index (χ0) is 16.4. The average molecular weight is 337 g/mol. The van der Waals surface area contributed by atoms with Crippen molar-refractivity contribution in [2.45, 2.75) is 30.8 Å². The van der Waals surface area contributed by atoms with Gasteiger partial charge in [-0.05, 0) is 41.3 Å². The van der Waals surface area contributed by atoms with Gasteiger partial charge in [0.1, 0.15) is 11.6 Å². The summed E-state index contributed by atoms with van der Waals surface area (Å²) < 4.78 is 27.2. The molecule has 2 N–H and O–H groups in total. The van der Waals surface area contributed by atoms with Gasteiger partial charge in [-0.1, -0.05) is 12.5 Å². The van der Waals surface area contributed by atoms with Crippen molar-refractivity contribution in [2.24, 2.45) is 0 Å². The zero-order valence-electron chi connectivity index (χ0n) is 12.4. The Kier molecular flexibility index (Phi) is 4.46. The molecule has 3 rings (SSSR count). The number of aliphatic hydroxyl groups excluding tert-OH is 1. The lowest BCUT2D eigenvalue weighted by atomic mass is 9.63. The van der Waals surface area contributed by atoms with Crippen molar-refractivity contribution < 1.29 is 18.7 Å². The predicted octanol–water partition coefficient (Wildman–Crippen LogP) is 3.30.